The average Bonchev–Trinajstić information content (AvgIpc) is 2.66. The Morgan fingerprint density at radius 3 is 2.52 bits per heavy atom. The molecule has 0 atom stereocenters. The summed E-state index contributed by atoms with van der Waals surface area (Å²) in [5, 5.41) is 14.7. The SMILES string of the molecule is NON=Cc1ccc(NC(=O)CC(=O)N2CCC(OCC(=O)O)CC2)cc1. The van der Waals surface area contributed by atoms with Gasteiger partial charge in [-0.15, -0.1) is 5.90 Å². The number of amides is 2. The number of benzene rings is 1. The molecule has 1 aliphatic rings. The van der Waals surface area contributed by atoms with Crippen molar-refractivity contribution in [3.05, 3.63) is 29.8 Å². The predicted octanol–water partition coefficient (Wildman–Crippen LogP) is 0.332. The predicted molar refractivity (Wildman–Crippen MR) is 95.7 cm³/mol. The zero-order valence-corrected chi connectivity index (χ0v) is 14.7. The normalized spacial score (nSPS) is 14.9. The highest BCUT2D eigenvalue weighted by molar-refractivity contribution is 6.03. The van der Waals surface area contributed by atoms with E-state index in [-0.39, 0.29) is 25.0 Å². The van der Waals surface area contributed by atoms with Crippen molar-refractivity contribution in [1.29, 1.82) is 0 Å². The van der Waals surface area contributed by atoms with Gasteiger partial charge in [0.25, 0.3) is 0 Å². The number of carbonyl (C=O) groups is 3. The number of oxime groups is 1. The lowest BCUT2D eigenvalue weighted by atomic mass is 10.1. The van der Waals surface area contributed by atoms with Gasteiger partial charge in [-0.25, -0.2) is 4.79 Å². The third-order valence-electron chi connectivity index (χ3n) is 4.01. The first-order valence-electron chi connectivity index (χ1n) is 8.38. The van der Waals surface area contributed by atoms with Gasteiger partial charge in [-0.05, 0) is 30.5 Å². The summed E-state index contributed by atoms with van der Waals surface area (Å²) >= 11 is 0. The second kappa shape index (κ2) is 10.2. The number of rotatable bonds is 8. The minimum Gasteiger partial charge on any atom is -0.480 e. The van der Waals surface area contributed by atoms with Crippen LogP contribution in [-0.4, -0.2) is 59.8 Å². The number of carboxylic acid groups (broad SMARTS) is 1. The fraction of sp³-hybridized carbons (Fsp3) is 0.412. The number of hydrogen-bond acceptors (Lipinski definition) is 7. The lowest BCUT2D eigenvalue weighted by Gasteiger charge is -2.31. The van der Waals surface area contributed by atoms with Crippen molar-refractivity contribution >= 4 is 29.7 Å². The summed E-state index contributed by atoms with van der Waals surface area (Å²) in [5.41, 5.74) is 1.29. The molecule has 1 saturated heterocycles. The van der Waals surface area contributed by atoms with Crippen LogP contribution < -0.4 is 11.2 Å². The highest BCUT2D eigenvalue weighted by Gasteiger charge is 2.25. The van der Waals surface area contributed by atoms with Gasteiger partial charge in [0.05, 0.1) is 12.3 Å². The van der Waals surface area contributed by atoms with Crippen molar-refractivity contribution in [1.82, 2.24) is 4.90 Å². The topological polar surface area (TPSA) is 144 Å². The van der Waals surface area contributed by atoms with E-state index in [2.05, 4.69) is 15.4 Å². The standard InChI is InChI=1S/C17H22N4O6/c18-27-19-10-12-1-3-13(4-2-12)20-15(22)9-16(23)21-7-5-14(6-8-21)26-11-17(24)25/h1-4,10,14H,5-9,11,18H2,(H,20,22)(H,24,25). The quantitative estimate of drug-likeness (QED) is 0.336. The van der Waals surface area contributed by atoms with Crippen LogP contribution in [0, 0.1) is 0 Å². The largest absolute Gasteiger partial charge is 0.480 e. The molecule has 4 N–H and O–H groups in total. The molecular formula is C17H22N4O6. The molecule has 1 aromatic carbocycles. The second-order valence-electron chi connectivity index (χ2n) is 5.97. The Hall–Kier alpha value is -2.98. The van der Waals surface area contributed by atoms with Crippen LogP contribution in [0.15, 0.2) is 29.4 Å². The van der Waals surface area contributed by atoms with E-state index in [4.69, 9.17) is 15.7 Å². The summed E-state index contributed by atoms with van der Waals surface area (Å²) in [4.78, 5) is 40.5. The first-order chi connectivity index (χ1) is 13.0. The van der Waals surface area contributed by atoms with E-state index in [1.165, 1.54) is 6.21 Å². The average molecular weight is 378 g/mol. The fourth-order valence-electron chi connectivity index (χ4n) is 2.66. The first-order valence-corrected chi connectivity index (χ1v) is 8.38. The third-order valence-corrected chi connectivity index (χ3v) is 4.01. The molecule has 0 aliphatic carbocycles. The third kappa shape index (κ3) is 7.04. The molecule has 0 aromatic heterocycles. The number of piperidine rings is 1. The van der Waals surface area contributed by atoms with Gasteiger partial charge in [-0.3, -0.25) is 9.59 Å². The lowest BCUT2D eigenvalue weighted by molar-refractivity contribution is -0.147. The monoisotopic (exact) mass is 378 g/mol. The van der Waals surface area contributed by atoms with E-state index in [1.807, 2.05) is 0 Å². The van der Waals surface area contributed by atoms with Crippen molar-refractivity contribution in [2.45, 2.75) is 25.4 Å². The molecule has 1 aromatic rings. The Labute approximate surface area is 155 Å². The van der Waals surface area contributed by atoms with Gasteiger partial charge in [0, 0.05) is 18.8 Å². The van der Waals surface area contributed by atoms with Crippen molar-refractivity contribution in [2.24, 2.45) is 11.1 Å². The zero-order chi connectivity index (χ0) is 19.6. The second-order valence-corrected chi connectivity index (χ2v) is 5.97. The molecule has 10 heteroatoms. The molecule has 0 saturated carbocycles. The van der Waals surface area contributed by atoms with E-state index < -0.39 is 11.9 Å². The molecule has 2 rings (SSSR count). The van der Waals surface area contributed by atoms with Crippen LogP contribution in [0.3, 0.4) is 0 Å². The molecule has 0 bridgehead atoms. The molecule has 27 heavy (non-hydrogen) atoms. The Bertz CT molecular complexity index is 683. The summed E-state index contributed by atoms with van der Waals surface area (Å²) in [7, 11) is 0. The number of nitrogens with one attached hydrogen (secondary N) is 1. The van der Waals surface area contributed by atoms with Crippen LogP contribution in [0.25, 0.3) is 0 Å². The number of nitrogens with zero attached hydrogens (tertiary/aromatic N) is 2. The maximum absolute atomic E-state index is 12.2. The van der Waals surface area contributed by atoms with Crippen LogP contribution in [0.1, 0.15) is 24.8 Å². The molecule has 1 heterocycles. The van der Waals surface area contributed by atoms with Crippen LogP contribution in [0.4, 0.5) is 5.69 Å². The maximum atomic E-state index is 12.2. The van der Waals surface area contributed by atoms with Crippen LogP contribution >= 0.6 is 0 Å². The van der Waals surface area contributed by atoms with Gasteiger partial charge < -0.3 is 25.0 Å². The van der Waals surface area contributed by atoms with E-state index in [0.29, 0.717) is 31.6 Å². The number of hydrogen-bond donors (Lipinski definition) is 3. The maximum Gasteiger partial charge on any atom is 0.329 e. The smallest absolute Gasteiger partial charge is 0.329 e. The summed E-state index contributed by atoms with van der Waals surface area (Å²) in [5.74, 6) is 3.10. The van der Waals surface area contributed by atoms with Crippen molar-refractivity contribution in [2.75, 3.05) is 25.0 Å². The van der Waals surface area contributed by atoms with Gasteiger partial charge in [-0.1, -0.05) is 17.3 Å². The first kappa shape index (κ1) is 20.3. The van der Waals surface area contributed by atoms with Crippen LogP contribution in [-0.2, 0) is 24.1 Å². The molecule has 0 spiro atoms. The molecule has 1 aliphatic heterocycles. The number of ether oxygens (including phenoxy) is 1. The van der Waals surface area contributed by atoms with Crippen molar-refractivity contribution in [3.8, 4) is 0 Å². The molecular weight excluding hydrogens is 356 g/mol. The molecule has 0 unspecified atom stereocenters. The Morgan fingerprint density at radius 1 is 1.26 bits per heavy atom. The highest BCUT2D eigenvalue weighted by atomic mass is 16.7. The van der Waals surface area contributed by atoms with Crippen molar-refractivity contribution in [3.63, 3.8) is 0 Å². The Kier molecular flexibility index (Phi) is 7.71. The molecule has 1 fully saturated rings. The molecule has 146 valence electrons. The molecule has 10 nitrogen and oxygen atoms in total. The lowest BCUT2D eigenvalue weighted by Crippen LogP contribution is -2.42. The number of likely N-dealkylation sites (tertiary alicyclic amines) is 1. The van der Waals surface area contributed by atoms with E-state index in [9.17, 15) is 14.4 Å². The number of aliphatic carboxylic acids is 1. The number of anilines is 1. The fourth-order valence-corrected chi connectivity index (χ4v) is 2.66. The molecule has 2 amide bonds. The minimum absolute atomic E-state index is 0.175. The van der Waals surface area contributed by atoms with Gasteiger partial charge in [0.15, 0.2) is 0 Å². The number of nitrogens with two attached hydrogens (primary N) is 1. The summed E-state index contributed by atoms with van der Waals surface area (Å²) in [6.45, 7) is 0.534. The van der Waals surface area contributed by atoms with Gasteiger partial charge in [0.2, 0.25) is 11.8 Å². The minimum atomic E-state index is -1.02. The Balaban J connectivity index is 1.75. The van der Waals surface area contributed by atoms with E-state index >= 15 is 0 Å². The number of carbonyl (C=O) groups excluding carboxylic acids is 2. The van der Waals surface area contributed by atoms with E-state index in [1.54, 1.807) is 29.2 Å². The van der Waals surface area contributed by atoms with Crippen LogP contribution in [0.2, 0.25) is 0 Å². The Morgan fingerprint density at radius 2 is 1.93 bits per heavy atom. The summed E-state index contributed by atoms with van der Waals surface area (Å²) in [6.07, 6.45) is 2.08. The van der Waals surface area contributed by atoms with E-state index in [0.717, 1.165) is 5.56 Å². The highest BCUT2D eigenvalue weighted by Crippen LogP contribution is 2.15. The summed E-state index contributed by atoms with van der Waals surface area (Å²) in [6, 6.07) is 6.76. The van der Waals surface area contributed by atoms with Gasteiger partial charge in [0.1, 0.15) is 13.0 Å². The number of carboxylic acids is 1. The van der Waals surface area contributed by atoms with Gasteiger partial charge >= 0.3 is 5.97 Å². The van der Waals surface area contributed by atoms with Crippen molar-refractivity contribution < 1.29 is 29.2 Å². The summed E-state index contributed by atoms with van der Waals surface area (Å²) < 4.78 is 5.23. The van der Waals surface area contributed by atoms with Gasteiger partial charge in [-0.2, -0.15) is 0 Å². The molecule has 0 radical (unpaired) electrons. The van der Waals surface area contributed by atoms with Crippen LogP contribution in [0.5, 0.6) is 0 Å². The zero-order valence-electron chi connectivity index (χ0n) is 14.7.